The largest absolute Gasteiger partial charge is 0.371 e. The first kappa shape index (κ1) is 16.3. The van der Waals surface area contributed by atoms with E-state index in [0.29, 0.717) is 34.7 Å². The molecule has 2 saturated heterocycles. The topological polar surface area (TPSA) is 45.7 Å². The lowest BCUT2D eigenvalue weighted by molar-refractivity contribution is -0.132. The summed E-state index contributed by atoms with van der Waals surface area (Å²) in [6.45, 7) is 2.27. The number of carbonyl (C=O) groups excluding carboxylic acids is 1. The van der Waals surface area contributed by atoms with Gasteiger partial charge in [0.05, 0.1) is 29.7 Å². The van der Waals surface area contributed by atoms with Crippen LogP contribution in [0.4, 0.5) is 5.82 Å². The maximum absolute atomic E-state index is 12.3. The molecule has 1 amide bonds. The summed E-state index contributed by atoms with van der Waals surface area (Å²) >= 11 is 8.22. The van der Waals surface area contributed by atoms with Gasteiger partial charge in [-0.05, 0) is 25.0 Å². The Bertz CT molecular complexity index is 545. The van der Waals surface area contributed by atoms with Gasteiger partial charge in [-0.2, -0.15) is 0 Å². The number of fused-ring (bicyclic) bond motifs is 1. The molecule has 0 unspecified atom stereocenters. The maximum Gasteiger partial charge on any atom is 0.225 e. The minimum Gasteiger partial charge on any atom is -0.371 e. The number of carbonyl (C=O) groups is 1. The molecule has 22 heavy (non-hydrogen) atoms. The molecule has 120 valence electrons. The number of amides is 1. The summed E-state index contributed by atoms with van der Waals surface area (Å²) in [5.74, 6) is 1.13. The normalized spacial score (nSPS) is 23.9. The van der Waals surface area contributed by atoms with Crippen molar-refractivity contribution < 1.29 is 9.53 Å². The number of aromatic nitrogens is 1. The number of hydrogen-bond acceptors (Lipinski definition) is 4. The predicted octanol–water partition coefficient (Wildman–Crippen LogP) is 2.71. The summed E-state index contributed by atoms with van der Waals surface area (Å²) in [4.78, 5) is 21.1. The zero-order chi connectivity index (χ0) is 15.5. The first-order chi connectivity index (χ1) is 10.7. The number of nitrogens with zero attached hydrogens (tertiary/aromatic N) is 3. The quantitative estimate of drug-likeness (QED) is 0.405. The van der Waals surface area contributed by atoms with Crippen molar-refractivity contribution in [1.29, 1.82) is 0 Å². The molecule has 2 aliphatic heterocycles. The average molecular weight is 436 g/mol. The molecule has 0 aliphatic carbocycles. The molecular weight excluding hydrogens is 417 g/mol. The van der Waals surface area contributed by atoms with Crippen LogP contribution in [0.5, 0.6) is 0 Å². The van der Waals surface area contributed by atoms with E-state index in [-0.39, 0.29) is 5.91 Å². The Kier molecular flexibility index (Phi) is 5.41. The molecule has 0 spiro atoms. The van der Waals surface area contributed by atoms with Crippen molar-refractivity contribution >= 4 is 45.9 Å². The lowest BCUT2D eigenvalue weighted by Gasteiger charge is -2.26. The first-order valence-corrected chi connectivity index (χ1v) is 9.42. The lowest BCUT2D eigenvalue weighted by atomic mass is 10.1. The van der Waals surface area contributed by atoms with Gasteiger partial charge in [0.2, 0.25) is 5.91 Å². The van der Waals surface area contributed by atoms with E-state index in [4.69, 9.17) is 16.3 Å². The highest BCUT2D eigenvalue weighted by Gasteiger charge is 2.44. The monoisotopic (exact) mass is 435 g/mol. The van der Waals surface area contributed by atoms with E-state index in [9.17, 15) is 4.79 Å². The fraction of sp³-hybridized carbons (Fsp3) is 0.600. The summed E-state index contributed by atoms with van der Waals surface area (Å²) in [7, 11) is 0. The first-order valence-electron chi connectivity index (χ1n) is 7.52. The number of rotatable bonds is 5. The summed E-state index contributed by atoms with van der Waals surface area (Å²) in [5, 5.41) is 0.704. The Balaban J connectivity index is 1.65. The van der Waals surface area contributed by atoms with Gasteiger partial charge in [-0.1, -0.05) is 34.2 Å². The van der Waals surface area contributed by atoms with Gasteiger partial charge >= 0.3 is 0 Å². The lowest BCUT2D eigenvalue weighted by Crippen LogP contribution is -2.40. The third-order valence-corrected chi connectivity index (χ3v) is 5.11. The van der Waals surface area contributed by atoms with E-state index in [1.165, 1.54) is 0 Å². The Morgan fingerprint density at radius 2 is 2.23 bits per heavy atom. The zero-order valence-electron chi connectivity index (χ0n) is 12.3. The molecule has 3 heterocycles. The van der Waals surface area contributed by atoms with Crippen LogP contribution in [0.2, 0.25) is 5.02 Å². The van der Waals surface area contributed by atoms with Crippen molar-refractivity contribution in [2.24, 2.45) is 0 Å². The fourth-order valence-electron chi connectivity index (χ4n) is 3.49. The van der Waals surface area contributed by atoms with Gasteiger partial charge in [0.15, 0.2) is 0 Å². The average Bonchev–Trinajstić information content (AvgIpc) is 3.08. The molecule has 2 fully saturated rings. The highest BCUT2D eigenvalue weighted by atomic mass is 127. The second-order valence-corrected chi connectivity index (χ2v) is 6.65. The number of pyridine rings is 1. The number of halogens is 2. The highest BCUT2D eigenvalue weighted by molar-refractivity contribution is 14.1. The van der Waals surface area contributed by atoms with Gasteiger partial charge < -0.3 is 14.5 Å². The van der Waals surface area contributed by atoms with Crippen LogP contribution in [-0.4, -0.2) is 52.2 Å². The molecule has 0 bridgehead atoms. The van der Waals surface area contributed by atoms with Gasteiger partial charge in [0.1, 0.15) is 5.82 Å². The molecule has 0 saturated carbocycles. The van der Waals surface area contributed by atoms with Crippen LogP contribution in [-0.2, 0) is 9.53 Å². The van der Waals surface area contributed by atoms with Crippen LogP contribution in [0.15, 0.2) is 18.3 Å². The maximum atomic E-state index is 12.3. The van der Waals surface area contributed by atoms with E-state index in [1.54, 1.807) is 12.3 Å². The Hall–Kier alpha value is -0.600. The molecule has 2 atom stereocenters. The molecule has 7 heteroatoms. The van der Waals surface area contributed by atoms with Crippen molar-refractivity contribution in [2.75, 3.05) is 29.2 Å². The van der Waals surface area contributed by atoms with Crippen molar-refractivity contribution in [3.05, 3.63) is 23.4 Å². The number of hydrogen-bond donors (Lipinski definition) is 0. The van der Waals surface area contributed by atoms with E-state index < -0.39 is 0 Å². The molecule has 1 aromatic heterocycles. The summed E-state index contributed by atoms with van der Waals surface area (Å²) < 4.78 is 5.91. The molecule has 5 nitrogen and oxygen atoms in total. The van der Waals surface area contributed by atoms with Crippen LogP contribution >= 0.6 is 34.2 Å². The summed E-state index contributed by atoms with van der Waals surface area (Å²) in [6.07, 6.45) is 4.21. The summed E-state index contributed by atoms with van der Waals surface area (Å²) in [6, 6.07) is 4.35. The standard InChI is InChI=1S/C15H19ClIN3O2/c16-11-1-5-18-14(9-11)19-6-2-13-12(19)3-7-20(13)15(21)4-8-22-10-17/h1,5,9,12-13H,2-4,6-8,10H2/t12-,13-/m1/s1. The Labute approximate surface area is 149 Å². The molecular formula is C15H19ClIN3O2. The van der Waals surface area contributed by atoms with Gasteiger partial charge in [-0.25, -0.2) is 4.98 Å². The third kappa shape index (κ3) is 3.33. The van der Waals surface area contributed by atoms with E-state index >= 15 is 0 Å². The van der Waals surface area contributed by atoms with Crippen LogP contribution in [0.3, 0.4) is 0 Å². The van der Waals surface area contributed by atoms with Crippen molar-refractivity contribution in [2.45, 2.75) is 31.3 Å². The fourth-order valence-corrected chi connectivity index (χ4v) is 3.95. The summed E-state index contributed by atoms with van der Waals surface area (Å²) in [5.41, 5.74) is 0. The number of ether oxygens (including phenoxy) is 1. The van der Waals surface area contributed by atoms with Crippen molar-refractivity contribution in [3.8, 4) is 0 Å². The smallest absolute Gasteiger partial charge is 0.225 e. The zero-order valence-corrected chi connectivity index (χ0v) is 15.2. The van der Waals surface area contributed by atoms with Crippen LogP contribution in [0, 0.1) is 0 Å². The molecule has 1 aromatic rings. The number of anilines is 1. The minimum absolute atomic E-state index is 0.207. The number of alkyl halides is 1. The molecule has 0 aromatic carbocycles. The van der Waals surface area contributed by atoms with Crippen molar-refractivity contribution in [1.82, 2.24) is 9.88 Å². The second kappa shape index (κ2) is 7.31. The van der Waals surface area contributed by atoms with Crippen LogP contribution < -0.4 is 4.90 Å². The van der Waals surface area contributed by atoms with Crippen LogP contribution in [0.1, 0.15) is 19.3 Å². The third-order valence-electron chi connectivity index (χ3n) is 4.44. The molecule has 3 rings (SSSR count). The van der Waals surface area contributed by atoms with Crippen LogP contribution in [0.25, 0.3) is 0 Å². The van der Waals surface area contributed by atoms with Crippen molar-refractivity contribution in [3.63, 3.8) is 0 Å². The number of likely N-dealkylation sites (tertiary alicyclic amines) is 1. The Morgan fingerprint density at radius 3 is 3.00 bits per heavy atom. The Morgan fingerprint density at radius 1 is 1.41 bits per heavy atom. The van der Waals surface area contributed by atoms with Gasteiger partial charge in [-0.15, -0.1) is 0 Å². The SMILES string of the molecule is O=C(CCOCI)N1CC[C@@H]2[C@H]1CCN2c1cc(Cl)ccn1. The van der Waals surface area contributed by atoms with E-state index in [0.717, 1.165) is 31.7 Å². The molecule has 2 aliphatic rings. The van der Waals surface area contributed by atoms with Gasteiger partial charge in [0, 0.05) is 24.3 Å². The highest BCUT2D eigenvalue weighted by Crippen LogP contribution is 2.35. The van der Waals surface area contributed by atoms with E-state index in [2.05, 4.69) is 32.5 Å². The molecule has 0 radical (unpaired) electrons. The second-order valence-electron chi connectivity index (χ2n) is 5.59. The van der Waals surface area contributed by atoms with Gasteiger partial charge in [0.25, 0.3) is 0 Å². The molecule has 0 N–H and O–H groups in total. The minimum atomic E-state index is 0.207. The predicted molar refractivity (Wildman–Crippen MR) is 94.6 cm³/mol. The van der Waals surface area contributed by atoms with Gasteiger partial charge in [-0.3, -0.25) is 4.79 Å². The van der Waals surface area contributed by atoms with E-state index in [1.807, 2.05) is 11.0 Å².